The highest BCUT2D eigenvalue weighted by atomic mass is 32.1. The molecule has 3 N–H and O–H groups in total. The maximum Gasteiger partial charge on any atom is 0.235 e. The summed E-state index contributed by atoms with van der Waals surface area (Å²) in [4.78, 5) is 0.775. The Bertz CT molecular complexity index is 662. The standard InChI is InChI=1S/C9H11N7S/c1-4(2)7-13-14-9-16(7)15-8(17-9)5-3-6(10)12-11-5/h3-4H,1-2H3,(H3,10,11,12). The fraction of sp³-hybridized carbons (Fsp3) is 0.333. The minimum absolute atomic E-state index is 0.284. The maximum atomic E-state index is 5.56. The van der Waals surface area contributed by atoms with Crippen LogP contribution in [0.1, 0.15) is 25.6 Å². The molecule has 0 fully saturated rings. The van der Waals surface area contributed by atoms with E-state index < -0.39 is 0 Å². The molecule has 0 radical (unpaired) electrons. The monoisotopic (exact) mass is 249 g/mol. The van der Waals surface area contributed by atoms with Crippen molar-refractivity contribution in [3.05, 3.63) is 11.9 Å². The Hall–Kier alpha value is -1.96. The first-order chi connectivity index (χ1) is 8.15. The summed E-state index contributed by atoms with van der Waals surface area (Å²) in [5.41, 5.74) is 6.36. The van der Waals surface area contributed by atoms with Crippen molar-refractivity contribution in [3.8, 4) is 10.7 Å². The average Bonchev–Trinajstić information content (AvgIpc) is 2.89. The smallest absolute Gasteiger partial charge is 0.235 e. The average molecular weight is 249 g/mol. The maximum absolute atomic E-state index is 5.56. The van der Waals surface area contributed by atoms with E-state index in [0.29, 0.717) is 5.82 Å². The van der Waals surface area contributed by atoms with E-state index in [-0.39, 0.29) is 5.92 Å². The molecule has 0 bridgehead atoms. The molecule has 0 saturated carbocycles. The first-order valence-electron chi connectivity index (χ1n) is 5.18. The summed E-state index contributed by atoms with van der Waals surface area (Å²) in [5, 5.41) is 20.2. The lowest BCUT2D eigenvalue weighted by Crippen LogP contribution is -1.97. The number of hydrogen-bond acceptors (Lipinski definition) is 6. The zero-order valence-corrected chi connectivity index (χ0v) is 10.2. The minimum Gasteiger partial charge on any atom is -0.382 e. The first-order valence-corrected chi connectivity index (χ1v) is 6.00. The third-order valence-electron chi connectivity index (χ3n) is 2.36. The summed E-state index contributed by atoms with van der Waals surface area (Å²) in [6.07, 6.45) is 0. The van der Waals surface area contributed by atoms with Crippen LogP contribution in [-0.4, -0.2) is 30.0 Å². The number of rotatable bonds is 2. The lowest BCUT2D eigenvalue weighted by atomic mass is 10.2. The van der Waals surface area contributed by atoms with E-state index in [4.69, 9.17) is 5.73 Å². The lowest BCUT2D eigenvalue weighted by Gasteiger charge is -1.97. The van der Waals surface area contributed by atoms with Gasteiger partial charge in [0.25, 0.3) is 0 Å². The van der Waals surface area contributed by atoms with Crippen molar-refractivity contribution in [1.82, 2.24) is 30.0 Å². The van der Waals surface area contributed by atoms with Gasteiger partial charge in [-0.05, 0) is 0 Å². The van der Waals surface area contributed by atoms with Gasteiger partial charge in [-0.2, -0.15) is 14.7 Å². The van der Waals surface area contributed by atoms with Crippen molar-refractivity contribution in [1.29, 1.82) is 0 Å². The van der Waals surface area contributed by atoms with Crippen LogP contribution in [0.5, 0.6) is 0 Å². The molecular formula is C9H11N7S. The number of aromatic nitrogens is 6. The van der Waals surface area contributed by atoms with Gasteiger partial charge >= 0.3 is 0 Å². The van der Waals surface area contributed by atoms with E-state index in [2.05, 4.69) is 39.3 Å². The molecule has 0 amide bonds. The summed E-state index contributed by atoms with van der Waals surface area (Å²) in [7, 11) is 0. The van der Waals surface area contributed by atoms with Crippen LogP contribution in [0, 0.1) is 0 Å². The van der Waals surface area contributed by atoms with Crippen LogP contribution >= 0.6 is 11.3 Å². The van der Waals surface area contributed by atoms with Crippen molar-refractivity contribution < 1.29 is 0 Å². The quantitative estimate of drug-likeness (QED) is 0.713. The van der Waals surface area contributed by atoms with Gasteiger partial charge in [-0.15, -0.1) is 10.2 Å². The third kappa shape index (κ3) is 1.57. The number of nitrogen functional groups attached to an aromatic ring is 1. The van der Waals surface area contributed by atoms with Crippen molar-refractivity contribution in [3.63, 3.8) is 0 Å². The molecule has 8 heteroatoms. The molecule has 0 unspecified atom stereocenters. The number of aromatic amines is 1. The van der Waals surface area contributed by atoms with Gasteiger partial charge in [0.1, 0.15) is 5.82 Å². The SMILES string of the molecule is CC(C)c1nnc2sc(-c3cc(N)n[nH]3)nn12. The van der Waals surface area contributed by atoms with E-state index in [9.17, 15) is 0 Å². The highest BCUT2D eigenvalue weighted by molar-refractivity contribution is 7.19. The summed E-state index contributed by atoms with van der Waals surface area (Å²) in [6.45, 7) is 4.12. The van der Waals surface area contributed by atoms with Crippen LogP contribution in [0.25, 0.3) is 15.7 Å². The van der Waals surface area contributed by atoms with Crippen LogP contribution < -0.4 is 5.73 Å². The number of nitrogens with two attached hydrogens (primary N) is 1. The van der Waals surface area contributed by atoms with E-state index in [0.717, 1.165) is 21.5 Å². The van der Waals surface area contributed by atoms with E-state index >= 15 is 0 Å². The Balaban J connectivity index is 2.14. The zero-order valence-electron chi connectivity index (χ0n) is 9.38. The van der Waals surface area contributed by atoms with Crippen LogP contribution in [0.15, 0.2) is 6.07 Å². The molecule has 0 saturated heterocycles. The molecule has 7 nitrogen and oxygen atoms in total. The zero-order chi connectivity index (χ0) is 12.0. The van der Waals surface area contributed by atoms with Gasteiger partial charge in [0, 0.05) is 12.0 Å². The molecule has 3 heterocycles. The highest BCUT2D eigenvalue weighted by Crippen LogP contribution is 2.26. The Kier molecular flexibility index (Phi) is 2.11. The summed E-state index contributed by atoms with van der Waals surface area (Å²) >= 11 is 1.45. The molecule has 0 aliphatic carbocycles. The van der Waals surface area contributed by atoms with Gasteiger partial charge in [0.2, 0.25) is 4.96 Å². The number of H-pyrrole nitrogens is 1. The van der Waals surface area contributed by atoms with Crippen LogP contribution in [-0.2, 0) is 0 Å². The lowest BCUT2D eigenvalue weighted by molar-refractivity contribution is 0.726. The molecule has 17 heavy (non-hydrogen) atoms. The molecule has 3 aromatic rings. The van der Waals surface area contributed by atoms with Crippen molar-refractivity contribution in [2.24, 2.45) is 0 Å². The van der Waals surface area contributed by atoms with Gasteiger partial charge in [0.05, 0.1) is 5.69 Å². The number of fused-ring (bicyclic) bond motifs is 1. The second-order valence-corrected chi connectivity index (χ2v) is 4.98. The number of nitrogens with one attached hydrogen (secondary N) is 1. The number of nitrogens with zero attached hydrogens (tertiary/aromatic N) is 5. The topological polar surface area (TPSA) is 97.8 Å². The van der Waals surface area contributed by atoms with E-state index in [1.807, 2.05) is 0 Å². The molecule has 88 valence electrons. The molecule has 3 aromatic heterocycles. The second kappa shape index (κ2) is 3.52. The fourth-order valence-corrected chi connectivity index (χ4v) is 2.36. The van der Waals surface area contributed by atoms with Crippen molar-refractivity contribution in [2.45, 2.75) is 19.8 Å². The first kappa shape index (κ1) is 10.2. The fourth-order valence-electron chi connectivity index (χ4n) is 1.55. The molecule has 3 rings (SSSR count). The third-order valence-corrected chi connectivity index (χ3v) is 3.29. The van der Waals surface area contributed by atoms with Gasteiger partial charge in [-0.1, -0.05) is 25.2 Å². The van der Waals surface area contributed by atoms with Gasteiger partial charge in [-0.3, -0.25) is 5.10 Å². The van der Waals surface area contributed by atoms with Crippen LogP contribution in [0.3, 0.4) is 0 Å². The molecular weight excluding hydrogens is 238 g/mol. The summed E-state index contributed by atoms with van der Waals surface area (Å²) < 4.78 is 1.77. The Morgan fingerprint density at radius 1 is 1.41 bits per heavy atom. The predicted octanol–water partition coefficient (Wildman–Crippen LogP) is 1.28. The molecule has 0 atom stereocenters. The van der Waals surface area contributed by atoms with Crippen LogP contribution in [0.2, 0.25) is 0 Å². The number of anilines is 1. The molecule has 0 spiro atoms. The molecule has 0 aliphatic heterocycles. The Morgan fingerprint density at radius 3 is 2.88 bits per heavy atom. The Labute approximate surface area is 101 Å². The Morgan fingerprint density at radius 2 is 2.24 bits per heavy atom. The van der Waals surface area contributed by atoms with Gasteiger partial charge < -0.3 is 5.73 Å². The molecule has 0 aromatic carbocycles. The summed E-state index contributed by atoms with van der Waals surface area (Å²) in [5.74, 6) is 1.59. The van der Waals surface area contributed by atoms with E-state index in [1.165, 1.54) is 11.3 Å². The van der Waals surface area contributed by atoms with Gasteiger partial charge in [-0.25, -0.2) is 0 Å². The van der Waals surface area contributed by atoms with Gasteiger partial charge in [0.15, 0.2) is 10.8 Å². The number of hydrogen-bond donors (Lipinski definition) is 2. The summed E-state index contributed by atoms with van der Waals surface area (Å²) in [6, 6.07) is 1.75. The van der Waals surface area contributed by atoms with Crippen molar-refractivity contribution >= 4 is 22.1 Å². The van der Waals surface area contributed by atoms with Crippen molar-refractivity contribution in [2.75, 3.05) is 5.73 Å². The molecule has 0 aliphatic rings. The normalized spacial score (nSPS) is 11.7. The predicted molar refractivity (Wildman–Crippen MR) is 64.7 cm³/mol. The van der Waals surface area contributed by atoms with E-state index in [1.54, 1.807) is 10.6 Å². The largest absolute Gasteiger partial charge is 0.382 e. The van der Waals surface area contributed by atoms with Crippen LogP contribution in [0.4, 0.5) is 5.82 Å². The second-order valence-electron chi connectivity index (χ2n) is 4.02. The highest BCUT2D eigenvalue weighted by Gasteiger charge is 2.15. The minimum atomic E-state index is 0.284.